The number of nitrogens with zero attached hydrogens (tertiary/aromatic N) is 1. The number of nitrogens with one attached hydrogen (secondary N) is 1. The van der Waals surface area contributed by atoms with Crippen molar-refractivity contribution in [1.29, 1.82) is 0 Å². The van der Waals surface area contributed by atoms with Gasteiger partial charge in [0.1, 0.15) is 6.61 Å². The molecular weight excluding hydrogens is 136 g/mol. The summed E-state index contributed by atoms with van der Waals surface area (Å²) in [6, 6.07) is 0. The SMILES string of the molecule is O=CC(=O)NC1=NOCC1. The molecule has 1 aliphatic rings. The van der Waals surface area contributed by atoms with Gasteiger partial charge in [-0.25, -0.2) is 0 Å². The zero-order valence-electron chi connectivity index (χ0n) is 5.16. The summed E-state index contributed by atoms with van der Waals surface area (Å²) in [5.41, 5.74) is 0. The lowest BCUT2D eigenvalue weighted by molar-refractivity contribution is -0.130. The van der Waals surface area contributed by atoms with Crippen LogP contribution < -0.4 is 5.32 Å². The van der Waals surface area contributed by atoms with Gasteiger partial charge in [-0.15, -0.1) is 0 Å². The van der Waals surface area contributed by atoms with E-state index in [4.69, 9.17) is 0 Å². The molecule has 1 amide bonds. The fourth-order valence-corrected chi connectivity index (χ4v) is 0.569. The van der Waals surface area contributed by atoms with Crippen molar-refractivity contribution in [3.05, 3.63) is 0 Å². The van der Waals surface area contributed by atoms with Gasteiger partial charge in [0.15, 0.2) is 5.84 Å². The second-order valence-electron chi connectivity index (χ2n) is 1.73. The van der Waals surface area contributed by atoms with E-state index in [9.17, 15) is 9.59 Å². The molecule has 1 rings (SSSR count). The highest BCUT2D eigenvalue weighted by Crippen LogP contribution is 1.95. The number of rotatable bonds is 1. The second kappa shape index (κ2) is 2.95. The Labute approximate surface area is 57.0 Å². The zero-order chi connectivity index (χ0) is 7.40. The van der Waals surface area contributed by atoms with E-state index >= 15 is 0 Å². The first-order chi connectivity index (χ1) is 4.83. The summed E-state index contributed by atoms with van der Waals surface area (Å²) >= 11 is 0. The van der Waals surface area contributed by atoms with Gasteiger partial charge >= 0.3 is 0 Å². The summed E-state index contributed by atoms with van der Waals surface area (Å²) < 4.78 is 0. The molecule has 5 heteroatoms. The van der Waals surface area contributed by atoms with E-state index in [-0.39, 0.29) is 6.29 Å². The minimum absolute atomic E-state index is 0.195. The summed E-state index contributed by atoms with van der Waals surface area (Å²) in [5, 5.41) is 5.70. The molecule has 1 heterocycles. The maximum absolute atomic E-state index is 10.4. The van der Waals surface area contributed by atoms with Crippen LogP contribution in [0.4, 0.5) is 0 Å². The second-order valence-corrected chi connectivity index (χ2v) is 1.73. The molecule has 0 unspecified atom stereocenters. The third kappa shape index (κ3) is 1.54. The van der Waals surface area contributed by atoms with Crippen molar-refractivity contribution >= 4 is 18.0 Å². The number of oxime groups is 1. The molecule has 0 spiro atoms. The predicted octanol–water partition coefficient (Wildman–Crippen LogP) is -0.965. The molecule has 1 aliphatic heterocycles. The van der Waals surface area contributed by atoms with Crippen molar-refractivity contribution in [2.45, 2.75) is 6.42 Å². The van der Waals surface area contributed by atoms with E-state index < -0.39 is 5.91 Å². The van der Waals surface area contributed by atoms with Gasteiger partial charge in [0.2, 0.25) is 6.29 Å². The fraction of sp³-hybridized carbons (Fsp3) is 0.400. The molecule has 0 saturated carbocycles. The van der Waals surface area contributed by atoms with Gasteiger partial charge in [-0.2, -0.15) is 0 Å². The Morgan fingerprint density at radius 3 is 3.10 bits per heavy atom. The zero-order valence-corrected chi connectivity index (χ0v) is 5.16. The lowest BCUT2D eigenvalue weighted by atomic mass is 10.4. The standard InChI is InChI=1S/C5H6N2O3/c8-3-5(9)6-4-1-2-10-7-4/h3H,1-2H2,(H,6,7,9). The van der Waals surface area contributed by atoms with Crippen molar-refractivity contribution in [3.8, 4) is 0 Å². The number of amides is 1. The lowest BCUT2D eigenvalue weighted by Gasteiger charge is -1.92. The maximum atomic E-state index is 10.4. The normalized spacial score (nSPS) is 15.4. The summed E-state index contributed by atoms with van der Waals surface area (Å²) in [6.45, 7) is 0.467. The Hall–Kier alpha value is -1.39. The van der Waals surface area contributed by atoms with Crippen molar-refractivity contribution in [3.63, 3.8) is 0 Å². The molecule has 0 aromatic rings. The van der Waals surface area contributed by atoms with E-state index in [1.807, 2.05) is 0 Å². The third-order valence-corrected chi connectivity index (χ3v) is 0.979. The fourth-order valence-electron chi connectivity index (χ4n) is 0.569. The van der Waals surface area contributed by atoms with Crippen molar-refractivity contribution in [1.82, 2.24) is 5.32 Å². The van der Waals surface area contributed by atoms with Crippen molar-refractivity contribution in [2.24, 2.45) is 5.16 Å². The highest BCUT2D eigenvalue weighted by molar-refractivity contribution is 6.28. The van der Waals surface area contributed by atoms with Crippen molar-refractivity contribution in [2.75, 3.05) is 6.61 Å². The van der Waals surface area contributed by atoms with Gasteiger partial charge in [-0.3, -0.25) is 9.59 Å². The molecule has 10 heavy (non-hydrogen) atoms. The largest absolute Gasteiger partial charge is 0.394 e. The van der Waals surface area contributed by atoms with Crippen LogP contribution in [0.1, 0.15) is 6.42 Å². The number of carbonyl (C=O) groups excluding carboxylic acids is 2. The van der Waals surface area contributed by atoms with E-state index in [0.717, 1.165) is 0 Å². The van der Waals surface area contributed by atoms with Crippen LogP contribution >= 0.6 is 0 Å². The molecular formula is C5H6N2O3. The first kappa shape index (κ1) is 6.73. The van der Waals surface area contributed by atoms with E-state index in [1.165, 1.54) is 0 Å². The first-order valence-corrected chi connectivity index (χ1v) is 2.78. The number of aldehydes is 1. The van der Waals surface area contributed by atoms with Crippen LogP contribution in [-0.2, 0) is 14.4 Å². The first-order valence-electron chi connectivity index (χ1n) is 2.78. The van der Waals surface area contributed by atoms with Crippen LogP contribution in [0.15, 0.2) is 5.16 Å². The molecule has 0 saturated heterocycles. The number of hydrogen-bond donors (Lipinski definition) is 1. The number of amidine groups is 1. The van der Waals surface area contributed by atoms with Gasteiger partial charge in [0.25, 0.3) is 5.91 Å². The Balaban J connectivity index is 2.37. The average molecular weight is 142 g/mol. The molecule has 0 bridgehead atoms. The van der Waals surface area contributed by atoms with Crippen LogP contribution in [0, 0.1) is 0 Å². The number of hydrogen-bond acceptors (Lipinski definition) is 4. The van der Waals surface area contributed by atoms with Crippen LogP contribution in [-0.4, -0.2) is 24.6 Å². The van der Waals surface area contributed by atoms with Crippen LogP contribution in [0.5, 0.6) is 0 Å². The van der Waals surface area contributed by atoms with Gasteiger partial charge < -0.3 is 10.2 Å². The van der Waals surface area contributed by atoms with Crippen LogP contribution in [0.3, 0.4) is 0 Å². The molecule has 0 aromatic carbocycles. The molecule has 5 nitrogen and oxygen atoms in total. The van der Waals surface area contributed by atoms with E-state index in [2.05, 4.69) is 15.3 Å². The quantitative estimate of drug-likeness (QED) is 0.378. The van der Waals surface area contributed by atoms with Gasteiger partial charge in [0.05, 0.1) is 0 Å². The lowest BCUT2D eigenvalue weighted by Crippen LogP contribution is -2.29. The summed E-state index contributed by atoms with van der Waals surface area (Å²) in [4.78, 5) is 24.7. The maximum Gasteiger partial charge on any atom is 0.289 e. The summed E-state index contributed by atoms with van der Waals surface area (Å²) in [6.07, 6.45) is 0.750. The molecule has 0 aliphatic carbocycles. The predicted molar refractivity (Wildman–Crippen MR) is 32.2 cm³/mol. The Morgan fingerprint density at radius 2 is 2.60 bits per heavy atom. The smallest absolute Gasteiger partial charge is 0.289 e. The summed E-state index contributed by atoms with van der Waals surface area (Å²) in [7, 11) is 0. The highest BCUT2D eigenvalue weighted by Gasteiger charge is 2.09. The van der Waals surface area contributed by atoms with Gasteiger partial charge in [0, 0.05) is 6.42 Å². The molecule has 0 aromatic heterocycles. The molecule has 0 radical (unpaired) electrons. The van der Waals surface area contributed by atoms with Crippen molar-refractivity contribution < 1.29 is 14.4 Å². The minimum atomic E-state index is -0.691. The van der Waals surface area contributed by atoms with Crippen LogP contribution in [0.25, 0.3) is 0 Å². The highest BCUT2D eigenvalue weighted by atomic mass is 16.6. The average Bonchev–Trinajstić information content (AvgIpc) is 2.40. The number of carbonyl (C=O) groups is 2. The Bertz CT molecular complexity index is 187. The molecule has 54 valence electrons. The molecule has 1 N–H and O–H groups in total. The topological polar surface area (TPSA) is 67.8 Å². The Kier molecular flexibility index (Phi) is 1.99. The molecule has 0 atom stereocenters. The minimum Gasteiger partial charge on any atom is -0.394 e. The monoisotopic (exact) mass is 142 g/mol. The van der Waals surface area contributed by atoms with Gasteiger partial charge in [-0.05, 0) is 0 Å². The third-order valence-electron chi connectivity index (χ3n) is 0.979. The summed E-state index contributed by atoms with van der Waals surface area (Å²) in [5.74, 6) is -0.277. The van der Waals surface area contributed by atoms with E-state index in [1.54, 1.807) is 0 Å². The van der Waals surface area contributed by atoms with E-state index in [0.29, 0.717) is 18.9 Å². The van der Waals surface area contributed by atoms with Gasteiger partial charge in [-0.1, -0.05) is 5.16 Å². The Morgan fingerprint density at radius 1 is 1.80 bits per heavy atom. The molecule has 0 fully saturated rings. The van der Waals surface area contributed by atoms with Crippen LogP contribution in [0.2, 0.25) is 0 Å².